The lowest BCUT2D eigenvalue weighted by atomic mass is 9.39. The molecule has 2 N–H and O–H groups in total. The third-order valence-corrected chi connectivity index (χ3v) is 19.8. The predicted octanol–water partition coefficient (Wildman–Crippen LogP) is 5.91. The lowest BCUT2D eigenvalue weighted by Gasteiger charge is -2.64. The van der Waals surface area contributed by atoms with Crippen LogP contribution in [0.4, 0.5) is 0 Å². The minimum Gasteiger partial charge on any atom is -0.458 e. The van der Waals surface area contributed by atoms with Crippen molar-refractivity contribution in [1.82, 2.24) is 0 Å². The van der Waals surface area contributed by atoms with Crippen LogP contribution in [0.3, 0.4) is 0 Å². The van der Waals surface area contributed by atoms with Gasteiger partial charge in [0.05, 0.1) is 29.6 Å². The Balaban J connectivity index is 0.000000139. The number of ether oxygens (including phenoxy) is 2. The van der Waals surface area contributed by atoms with Crippen LogP contribution >= 0.6 is 0 Å². The van der Waals surface area contributed by atoms with E-state index in [-0.39, 0.29) is 86.6 Å². The van der Waals surface area contributed by atoms with Crippen LogP contribution in [-0.4, -0.2) is 62.9 Å². The van der Waals surface area contributed by atoms with Gasteiger partial charge in [-0.2, -0.15) is 5.26 Å². The Kier molecular flexibility index (Phi) is 7.64. The number of hydrogen-bond donors (Lipinski definition) is 2. The molecule has 0 aromatic heterocycles. The van der Waals surface area contributed by atoms with Crippen molar-refractivity contribution in [3.8, 4) is 6.07 Å². The second-order valence-corrected chi connectivity index (χ2v) is 21.3. The SMILES string of the molecule is C[C@]12CCC(=O)C=C1C=CC1C2[C@H](O)C[C@@]2(C)C1CC[C@@]21CCC(=O)O1.C[C@]12C[C@@H](O)C3C(C4CC5(C#N)C(C(=O)CC[C@]35C)C4=O)C1CC[C@@]21CCC(=O)O1. The van der Waals surface area contributed by atoms with Gasteiger partial charge < -0.3 is 19.7 Å². The first kappa shape index (κ1) is 37.1. The first-order chi connectivity index (χ1) is 26.4. The summed E-state index contributed by atoms with van der Waals surface area (Å²) in [7, 11) is 0. The molecule has 2 bridgehead atoms. The highest BCUT2D eigenvalue weighted by molar-refractivity contribution is 6.07. The lowest BCUT2D eigenvalue weighted by Crippen LogP contribution is -2.65. The largest absolute Gasteiger partial charge is 0.458 e. The fourth-order valence-corrected chi connectivity index (χ4v) is 17.1. The second-order valence-electron chi connectivity index (χ2n) is 21.3. The minimum atomic E-state index is -0.976. The Morgan fingerprint density at radius 1 is 0.714 bits per heavy atom. The van der Waals surface area contributed by atoms with E-state index in [2.05, 4.69) is 45.9 Å². The van der Waals surface area contributed by atoms with Crippen LogP contribution in [0.25, 0.3) is 0 Å². The van der Waals surface area contributed by atoms with Crippen LogP contribution in [0.1, 0.15) is 124 Å². The van der Waals surface area contributed by atoms with E-state index in [1.165, 1.54) is 0 Å². The third-order valence-electron chi connectivity index (χ3n) is 19.8. The number of nitriles is 1. The van der Waals surface area contributed by atoms with Gasteiger partial charge >= 0.3 is 11.9 Å². The number of hydrogen-bond acceptors (Lipinski definition) is 10. The summed E-state index contributed by atoms with van der Waals surface area (Å²) < 4.78 is 11.9. The van der Waals surface area contributed by atoms with Gasteiger partial charge in [0.2, 0.25) is 0 Å². The zero-order valence-corrected chi connectivity index (χ0v) is 33.3. The number of nitrogens with zero attached hydrogens (tertiary/aromatic N) is 1. The van der Waals surface area contributed by atoms with Gasteiger partial charge in [0.1, 0.15) is 22.8 Å². The van der Waals surface area contributed by atoms with Gasteiger partial charge in [0, 0.05) is 48.3 Å². The molecule has 9 fully saturated rings. The molecule has 11 rings (SSSR count). The van der Waals surface area contributed by atoms with Gasteiger partial charge in [-0.15, -0.1) is 0 Å². The fourth-order valence-electron chi connectivity index (χ4n) is 17.1. The summed E-state index contributed by atoms with van der Waals surface area (Å²) in [4.78, 5) is 62.3. The molecule has 2 aliphatic heterocycles. The first-order valence-electron chi connectivity index (χ1n) is 21.6. The summed E-state index contributed by atoms with van der Waals surface area (Å²) in [5.41, 5.74) is -2.01. The summed E-state index contributed by atoms with van der Waals surface area (Å²) in [5, 5.41) is 33.2. The van der Waals surface area contributed by atoms with Gasteiger partial charge in [0.15, 0.2) is 5.78 Å². The van der Waals surface area contributed by atoms with Crippen molar-refractivity contribution >= 4 is 29.3 Å². The number of ketones is 3. The van der Waals surface area contributed by atoms with Crippen LogP contribution in [0.5, 0.6) is 0 Å². The van der Waals surface area contributed by atoms with Crippen LogP contribution in [0.2, 0.25) is 0 Å². The molecule has 0 aromatic carbocycles. The first-order valence-corrected chi connectivity index (χ1v) is 21.6. The van der Waals surface area contributed by atoms with Gasteiger partial charge in [-0.25, -0.2) is 0 Å². The zero-order valence-electron chi connectivity index (χ0n) is 33.3. The van der Waals surface area contributed by atoms with Crippen molar-refractivity contribution in [3.63, 3.8) is 0 Å². The van der Waals surface area contributed by atoms with E-state index < -0.39 is 34.6 Å². The molecule has 2 heterocycles. The fraction of sp³-hybridized carbons (Fsp3) is 0.783. The standard InChI is InChI=1S/C24H29NO5.C22H28O4/c1-21-6-4-14(26)19-20(29)12(9-23(19,21)11-25)17-13-3-7-24(8-5-16(28)30-24)22(13,2)10-15(27)18(17)21;1-20-8-5-14(23)11-13(20)3-4-15-16-6-9-22(10-7-18(25)26-22)21(16,2)12-17(24)19(15)20/h12-13,15,17-19,27H,3-10H2,1-2H3;3-4,11,15-17,19,24H,5-10,12H2,1-2H3/t12?,13?,15-,17?,18?,19?,21-,22+,23?,24-;15?,16?,17-,19?,20+,21+,22-/m11/s1. The highest BCUT2D eigenvalue weighted by Gasteiger charge is 2.79. The molecular weight excluding hydrogens is 711 g/mol. The molecule has 10 heteroatoms. The van der Waals surface area contributed by atoms with Gasteiger partial charge in [-0.3, -0.25) is 24.0 Å². The highest BCUT2D eigenvalue weighted by Crippen LogP contribution is 2.77. The van der Waals surface area contributed by atoms with Crippen molar-refractivity contribution in [2.45, 2.75) is 147 Å². The molecule has 9 unspecified atom stereocenters. The van der Waals surface area contributed by atoms with Gasteiger partial charge in [0.25, 0.3) is 0 Å². The number of rotatable bonds is 0. The van der Waals surface area contributed by atoms with Crippen molar-refractivity contribution in [2.75, 3.05) is 0 Å². The molecule has 10 nitrogen and oxygen atoms in total. The zero-order chi connectivity index (χ0) is 39.6. The average Bonchev–Trinajstić information content (AvgIpc) is 3.93. The van der Waals surface area contributed by atoms with Crippen LogP contribution in [0, 0.1) is 85.7 Å². The molecule has 0 aromatic rings. The van der Waals surface area contributed by atoms with Crippen LogP contribution in [0.15, 0.2) is 23.8 Å². The number of allylic oxidation sites excluding steroid dienone is 4. The molecule has 9 aliphatic carbocycles. The van der Waals surface area contributed by atoms with Gasteiger partial charge in [-0.05, 0) is 123 Å². The maximum absolute atomic E-state index is 13.6. The monoisotopic (exact) mass is 767 g/mol. The number of fused-ring (bicyclic) bond motifs is 13. The maximum atomic E-state index is 13.6. The molecule has 7 saturated carbocycles. The van der Waals surface area contributed by atoms with Crippen LogP contribution in [-0.2, 0) is 33.4 Å². The van der Waals surface area contributed by atoms with Gasteiger partial charge in [-0.1, -0.05) is 39.8 Å². The summed E-state index contributed by atoms with van der Waals surface area (Å²) in [6.07, 6.45) is 15.1. The average molecular weight is 768 g/mol. The van der Waals surface area contributed by atoms with E-state index in [1.54, 1.807) is 6.08 Å². The number of carbonyl (C=O) groups excluding carboxylic acids is 5. The van der Waals surface area contributed by atoms with E-state index >= 15 is 0 Å². The molecule has 300 valence electrons. The normalized spacial score (nSPS) is 55.6. The molecular formula is C46H57NO9. The lowest BCUT2D eigenvalue weighted by molar-refractivity contribution is -0.213. The molecule has 17 atom stereocenters. The summed E-state index contributed by atoms with van der Waals surface area (Å²) in [5.74, 6) is -0.527. The minimum absolute atomic E-state index is 0.0488. The highest BCUT2D eigenvalue weighted by atomic mass is 16.6. The van der Waals surface area contributed by atoms with Crippen molar-refractivity contribution < 1.29 is 43.7 Å². The van der Waals surface area contributed by atoms with E-state index in [0.29, 0.717) is 63.7 Å². The molecule has 2 spiro atoms. The Morgan fingerprint density at radius 2 is 1.32 bits per heavy atom. The Hall–Kier alpha value is -3.16. The molecule has 11 aliphatic rings. The smallest absolute Gasteiger partial charge is 0.306 e. The molecule has 0 amide bonds. The van der Waals surface area contributed by atoms with Crippen molar-refractivity contribution in [3.05, 3.63) is 23.8 Å². The van der Waals surface area contributed by atoms with E-state index in [0.717, 1.165) is 44.1 Å². The second kappa shape index (κ2) is 11.5. The Labute approximate surface area is 329 Å². The molecule has 2 saturated heterocycles. The number of aliphatic hydroxyl groups excluding tert-OH is 2. The number of aliphatic hydroxyl groups is 2. The van der Waals surface area contributed by atoms with Crippen molar-refractivity contribution in [1.29, 1.82) is 5.26 Å². The maximum Gasteiger partial charge on any atom is 0.306 e. The topological polar surface area (TPSA) is 168 Å². The number of carbonyl (C=O) groups is 5. The number of esters is 2. The van der Waals surface area contributed by atoms with Crippen LogP contribution < -0.4 is 0 Å². The number of Topliss-reactive ketones (excluding diaryl/α,β-unsaturated/α-hetero) is 2. The Bertz CT molecular complexity index is 1970. The predicted molar refractivity (Wildman–Crippen MR) is 200 cm³/mol. The van der Waals surface area contributed by atoms with E-state index in [4.69, 9.17) is 9.47 Å². The quantitative estimate of drug-likeness (QED) is 0.223. The molecule has 56 heavy (non-hydrogen) atoms. The Morgan fingerprint density at radius 3 is 1.93 bits per heavy atom. The summed E-state index contributed by atoms with van der Waals surface area (Å²) >= 11 is 0. The van der Waals surface area contributed by atoms with E-state index in [1.807, 2.05) is 0 Å². The summed E-state index contributed by atoms with van der Waals surface area (Å²) in [6.45, 7) is 8.69. The van der Waals surface area contributed by atoms with Crippen molar-refractivity contribution in [2.24, 2.45) is 74.4 Å². The summed E-state index contributed by atoms with van der Waals surface area (Å²) in [6, 6.07) is 2.47. The molecule has 0 radical (unpaired) electrons. The van der Waals surface area contributed by atoms with E-state index in [9.17, 15) is 39.4 Å². The third kappa shape index (κ3) is 4.23.